The molecule has 1 fully saturated rings. The molecule has 0 atom stereocenters. The van der Waals surface area contributed by atoms with Gasteiger partial charge in [0.15, 0.2) is 5.03 Å². The van der Waals surface area contributed by atoms with Gasteiger partial charge in [-0.1, -0.05) is 0 Å². The van der Waals surface area contributed by atoms with Crippen molar-refractivity contribution in [2.45, 2.75) is 16.5 Å². The third-order valence-electron chi connectivity index (χ3n) is 5.91. The summed E-state index contributed by atoms with van der Waals surface area (Å²) in [5, 5.41) is 4.81. The molecule has 184 valence electrons. The summed E-state index contributed by atoms with van der Waals surface area (Å²) in [5.74, 6) is 0.558. The molecule has 0 aromatic carbocycles. The summed E-state index contributed by atoms with van der Waals surface area (Å²) < 4.78 is 31.0. The number of carbonyl (C=O) groups excluding carboxylic acids is 1. The molecule has 35 heavy (non-hydrogen) atoms. The van der Waals surface area contributed by atoms with Crippen LogP contribution in [-0.4, -0.2) is 84.8 Å². The minimum atomic E-state index is -3.85. The zero-order valence-corrected chi connectivity index (χ0v) is 20.7. The number of anilines is 1. The second-order valence-electron chi connectivity index (χ2n) is 8.19. The number of thioether (sulfide) groups is 1. The number of nitrogens with one attached hydrogen (secondary N) is 2. The SMILES string of the molecule is COc1ccc2nccc(CCN3CCN(NS(=O)(=O)c4ccc5c(n4)SC(=O)CN5)CC3)c2n1. The molecule has 0 bridgehead atoms. The third-order valence-corrected chi connectivity index (χ3v) is 8.07. The van der Waals surface area contributed by atoms with Gasteiger partial charge in [-0.3, -0.25) is 9.78 Å². The van der Waals surface area contributed by atoms with Crippen LogP contribution in [-0.2, 0) is 21.2 Å². The van der Waals surface area contributed by atoms with E-state index < -0.39 is 10.0 Å². The van der Waals surface area contributed by atoms with Crippen LogP contribution < -0.4 is 14.9 Å². The van der Waals surface area contributed by atoms with E-state index in [1.54, 1.807) is 30.4 Å². The van der Waals surface area contributed by atoms with Gasteiger partial charge in [0.2, 0.25) is 11.0 Å². The zero-order valence-electron chi connectivity index (χ0n) is 19.1. The Labute approximate surface area is 207 Å². The number of methoxy groups -OCH3 is 1. The van der Waals surface area contributed by atoms with Crippen LogP contribution in [0.5, 0.6) is 5.88 Å². The maximum absolute atomic E-state index is 12.9. The summed E-state index contributed by atoms with van der Waals surface area (Å²) in [6, 6.07) is 8.77. The van der Waals surface area contributed by atoms with Crippen molar-refractivity contribution in [2.75, 3.05) is 51.7 Å². The molecular formula is C22H25N7O4S2. The second-order valence-corrected chi connectivity index (χ2v) is 10.8. The Morgan fingerprint density at radius 3 is 2.74 bits per heavy atom. The van der Waals surface area contributed by atoms with Gasteiger partial charge < -0.3 is 15.0 Å². The van der Waals surface area contributed by atoms with Crippen molar-refractivity contribution in [1.82, 2.24) is 29.7 Å². The molecule has 0 amide bonds. The highest BCUT2D eigenvalue weighted by molar-refractivity contribution is 8.13. The minimum Gasteiger partial charge on any atom is -0.481 e. The van der Waals surface area contributed by atoms with E-state index >= 15 is 0 Å². The molecule has 11 nitrogen and oxygen atoms in total. The van der Waals surface area contributed by atoms with Crippen molar-refractivity contribution in [3.05, 3.63) is 42.1 Å². The molecule has 3 aromatic rings. The second kappa shape index (κ2) is 10.0. The van der Waals surface area contributed by atoms with Crippen molar-refractivity contribution < 1.29 is 17.9 Å². The van der Waals surface area contributed by atoms with Gasteiger partial charge in [0, 0.05) is 45.0 Å². The highest BCUT2D eigenvalue weighted by Gasteiger charge is 2.26. The third kappa shape index (κ3) is 5.38. The Morgan fingerprint density at radius 2 is 1.94 bits per heavy atom. The van der Waals surface area contributed by atoms with E-state index in [1.807, 2.05) is 12.1 Å². The zero-order chi connectivity index (χ0) is 24.4. The highest BCUT2D eigenvalue weighted by atomic mass is 32.2. The molecule has 2 N–H and O–H groups in total. The fourth-order valence-corrected chi connectivity index (χ4v) is 5.92. The summed E-state index contributed by atoms with van der Waals surface area (Å²) in [6.45, 7) is 3.55. The Bertz CT molecular complexity index is 1360. The van der Waals surface area contributed by atoms with Crippen LogP contribution in [0, 0.1) is 0 Å². The van der Waals surface area contributed by atoms with E-state index in [2.05, 4.69) is 30.0 Å². The number of hydrogen-bond donors (Lipinski definition) is 2. The van der Waals surface area contributed by atoms with Gasteiger partial charge in [-0.2, -0.15) is 0 Å². The van der Waals surface area contributed by atoms with Crippen LogP contribution in [0.25, 0.3) is 11.0 Å². The first kappa shape index (κ1) is 23.9. The number of hydrazine groups is 1. The Balaban J connectivity index is 1.17. The van der Waals surface area contributed by atoms with Crippen molar-refractivity contribution in [3.63, 3.8) is 0 Å². The van der Waals surface area contributed by atoms with Crippen LogP contribution in [0.4, 0.5) is 5.69 Å². The number of carbonyl (C=O) groups is 1. The number of fused-ring (bicyclic) bond motifs is 2. The first-order chi connectivity index (χ1) is 16.9. The average molecular weight is 516 g/mol. The summed E-state index contributed by atoms with van der Waals surface area (Å²) in [7, 11) is -2.25. The maximum atomic E-state index is 12.9. The Morgan fingerprint density at radius 1 is 1.11 bits per heavy atom. The van der Waals surface area contributed by atoms with Gasteiger partial charge in [-0.25, -0.2) is 23.4 Å². The molecule has 0 aliphatic carbocycles. The van der Waals surface area contributed by atoms with E-state index in [9.17, 15) is 13.2 Å². The highest BCUT2D eigenvalue weighted by Crippen LogP contribution is 2.30. The van der Waals surface area contributed by atoms with Gasteiger partial charge >= 0.3 is 0 Å². The summed E-state index contributed by atoms with van der Waals surface area (Å²) >= 11 is 0.954. The van der Waals surface area contributed by atoms with Crippen LogP contribution >= 0.6 is 11.8 Å². The first-order valence-corrected chi connectivity index (χ1v) is 13.5. The normalized spacial score (nSPS) is 17.2. The lowest BCUT2D eigenvalue weighted by atomic mass is 10.1. The predicted octanol–water partition coefficient (Wildman–Crippen LogP) is 1.13. The summed E-state index contributed by atoms with van der Waals surface area (Å²) in [5.41, 5.74) is 3.43. The Hall–Kier alpha value is -2.84. The molecule has 3 aromatic heterocycles. The molecule has 5 heterocycles. The van der Waals surface area contributed by atoms with E-state index in [0.717, 1.165) is 41.3 Å². The lowest BCUT2D eigenvalue weighted by Gasteiger charge is -2.34. The monoisotopic (exact) mass is 515 g/mol. The number of aromatic nitrogens is 3. The standard InChI is InChI=1S/C22H25N7O4S2/c1-33-18-4-2-16-21(25-18)15(6-8-23-16)7-9-28-10-12-29(13-11-28)27-35(31,32)19-5-3-17-22(26-19)34-20(30)14-24-17/h2-6,8,24,27H,7,9-14H2,1H3. The van der Waals surface area contributed by atoms with Gasteiger partial charge in [-0.15, -0.1) is 4.83 Å². The molecule has 5 rings (SSSR count). The topological polar surface area (TPSA) is 130 Å². The fraction of sp³-hybridized carbons (Fsp3) is 0.364. The van der Waals surface area contributed by atoms with E-state index in [1.165, 1.54) is 6.07 Å². The molecule has 0 radical (unpaired) electrons. The maximum Gasteiger partial charge on any atom is 0.270 e. The van der Waals surface area contributed by atoms with Crippen LogP contribution in [0.3, 0.4) is 0 Å². The number of rotatable bonds is 7. The Kier molecular flexibility index (Phi) is 6.84. The molecular weight excluding hydrogens is 490 g/mol. The average Bonchev–Trinajstić information content (AvgIpc) is 2.87. The number of pyridine rings is 3. The number of hydrogen-bond acceptors (Lipinski definition) is 11. The molecule has 2 aliphatic rings. The van der Waals surface area contributed by atoms with Gasteiger partial charge in [0.25, 0.3) is 10.0 Å². The van der Waals surface area contributed by atoms with E-state index in [0.29, 0.717) is 42.8 Å². The van der Waals surface area contributed by atoms with Crippen LogP contribution in [0.2, 0.25) is 0 Å². The number of ether oxygens (including phenoxy) is 1. The summed E-state index contributed by atoms with van der Waals surface area (Å²) in [6.07, 6.45) is 2.59. The molecule has 1 saturated heterocycles. The van der Waals surface area contributed by atoms with Gasteiger partial charge in [0.05, 0.1) is 30.4 Å². The smallest absolute Gasteiger partial charge is 0.270 e. The van der Waals surface area contributed by atoms with Crippen molar-refractivity contribution >= 4 is 43.6 Å². The van der Waals surface area contributed by atoms with E-state index in [4.69, 9.17) is 4.74 Å². The quantitative estimate of drug-likeness (QED) is 0.470. The minimum absolute atomic E-state index is 0.0988. The van der Waals surface area contributed by atoms with E-state index in [-0.39, 0.29) is 16.7 Å². The van der Waals surface area contributed by atoms with Crippen LogP contribution in [0.15, 0.2) is 46.6 Å². The number of piperazine rings is 1. The van der Waals surface area contributed by atoms with Gasteiger partial charge in [0.1, 0.15) is 5.03 Å². The van der Waals surface area contributed by atoms with Gasteiger partial charge in [-0.05, 0) is 48.0 Å². The largest absolute Gasteiger partial charge is 0.481 e. The number of nitrogens with zero attached hydrogens (tertiary/aromatic N) is 5. The molecule has 13 heteroatoms. The molecule has 0 spiro atoms. The molecule has 0 saturated carbocycles. The van der Waals surface area contributed by atoms with Crippen LogP contribution in [0.1, 0.15) is 5.56 Å². The lowest BCUT2D eigenvalue weighted by Crippen LogP contribution is -2.53. The molecule has 0 unspecified atom stereocenters. The first-order valence-electron chi connectivity index (χ1n) is 11.2. The lowest BCUT2D eigenvalue weighted by molar-refractivity contribution is -0.109. The summed E-state index contributed by atoms with van der Waals surface area (Å²) in [4.78, 5) is 29.7. The number of sulfonamides is 1. The molecule has 2 aliphatic heterocycles. The van der Waals surface area contributed by atoms with Crippen molar-refractivity contribution in [2.24, 2.45) is 0 Å². The predicted molar refractivity (Wildman–Crippen MR) is 132 cm³/mol. The van der Waals surface area contributed by atoms with Crippen molar-refractivity contribution in [1.29, 1.82) is 0 Å². The van der Waals surface area contributed by atoms with Crippen molar-refractivity contribution in [3.8, 4) is 5.88 Å². The fourth-order valence-electron chi connectivity index (χ4n) is 4.03.